The number of ether oxygens (including phenoxy) is 3. The van der Waals surface area contributed by atoms with E-state index in [4.69, 9.17) is 9.47 Å². The van der Waals surface area contributed by atoms with Gasteiger partial charge in [-0.2, -0.15) is 0 Å². The Kier molecular flexibility index (Phi) is 3.46. The second-order valence-electron chi connectivity index (χ2n) is 4.87. The van der Waals surface area contributed by atoms with E-state index in [0.29, 0.717) is 17.9 Å². The molecule has 2 rings (SSSR count). The van der Waals surface area contributed by atoms with Gasteiger partial charge in [-0.3, -0.25) is 9.59 Å². The van der Waals surface area contributed by atoms with Crippen molar-refractivity contribution >= 4 is 11.9 Å². The van der Waals surface area contributed by atoms with Crippen molar-refractivity contribution in [2.45, 2.75) is 19.8 Å². The van der Waals surface area contributed by atoms with Crippen LogP contribution < -0.4 is 9.47 Å². The molecule has 5 heteroatoms. The quantitative estimate of drug-likeness (QED) is 0.612. The molecule has 1 atom stereocenters. The SMILES string of the molecule is COc1ccc(C[C@]2(C)CC(=O)OC2=O)cc1OC. The molecule has 1 aliphatic heterocycles. The minimum absolute atomic E-state index is 0.111. The summed E-state index contributed by atoms with van der Waals surface area (Å²) in [5.41, 5.74) is 0.100. The van der Waals surface area contributed by atoms with Gasteiger partial charge < -0.3 is 14.2 Å². The summed E-state index contributed by atoms with van der Waals surface area (Å²) in [6, 6.07) is 5.43. The molecular weight excluding hydrogens is 248 g/mol. The molecule has 0 aromatic heterocycles. The first-order valence-corrected chi connectivity index (χ1v) is 5.94. The number of esters is 2. The Morgan fingerprint density at radius 3 is 2.42 bits per heavy atom. The maximum absolute atomic E-state index is 11.7. The molecular formula is C14H16O5. The summed E-state index contributed by atoms with van der Waals surface area (Å²) in [5.74, 6) is 0.294. The molecule has 1 fully saturated rings. The lowest BCUT2D eigenvalue weighted by atomic mass is 9.82. The van der Waals surface area contributed by atoms with Crippen molar-refractivity contribution < 1.29 is 23.8 Å². The van der Waals surface area contributed by atoms with Crippen LogP contribution in [0.4, 0.5) is 0 Å². The highest BCUT2D eigenvalue weighted by Crippen LogP contribution is 2.36. The molecule has 1 heterocycles. The third-order valence-corrected chi connectivity index (χ3v) is 3.28. The molecule has 1 aromatic carbocycles. The van der Waals surface area contributed by atoms with Crippen LogP contribution in [0, 0.1) is 5.41 Å². The van der Waals surface area contributed by atoms with Gasteiger partial charge in [-0.25, -0.2) is 0 Å². The van der Waals surface area contributed by atoms with Crippen molar-refractivity contribution in [3.05, 3.63) is 23.8 Å². The third kappa shape index (κ3) is 2.54. The zero-order valence-corrected chi connectivity index (χ0v) is 11.2. The first-order chi connectivity index (χ1) is 8.98. The van der Waals surface area contributed by atoms with Crippen molar-refractivity contribution in [3.8, 4) is 11.5 Å². The number of carbonyl (C=O) groups is 2. The first kappa shape index (κ1) is 13.4. The van der Waals surface area contributed by atoms with Gasteiger partial charge in [0.05, 0.1) is 26.1 Å². The third-order valence-electron chi connectivity index (χ3n) is 3.28. The van der Waals surface area contributed by atoms with Crippen molar-refractivity contribution in [1.82, 2.24) is 0 Å². The number of carbonyl (C=O) groups excluding carboxylic acids is 2. The summed E-state index contributed by atoms with van der Waals surface area (Å²) in [6.07, 6.45) is 0.540. The summed E-state index contributed by atoms with van der Waals surface area (Å²) < 4.78 is 15.0. The van der Waals surface area contributed by atoms with E-state index >= 15 is 0 Å². The molecule has 0 amide bonds. The van der Waals surface area contributed by atoms with E-state index < -0.39 is 17.4 Å². The normalized spacial score (nSPS) is 22.3. The number of benzene rings is 1. The second kappa shape index (κ2) is 4.91. The van der Waals surface area contributed by atoms with Gasteiger partial charge in [-0.1, -0.05) is 6.07 Å². The standard InChI is InChI=1S/C14H16O5/c1-14(8-12(15)19-13(14)16)7-9-4-5-10(17-2)11(6-9)18-3/h4-6H,7-8H2,1-3H3/t14-/m1/s1. The minimum Gasteiger partial charge on any atom is -0.493 e. The summed E-state index contributed by atoms with van der Waals surface area (Å²) in [4.78, 5) is 22.9. The van der Waals surface area contributed by atoms with Crippen LogP contribution in [-0.2, 0) is 20.7 Å². The lowest BCUT2D eigenvalue weighted by Gasteiger charge is -2.18. The summed E-state index contributed by atoms with van der Waals surface area (Å²) in [5, 5.41) is 0. The molecule has 0 spiro atoms. The molecule has 0 unspecified atom stereocenters. The molecule has 0 radical (unpaired) electrons. The molecule has 0 N–H and O–H groups in total. The molecule has 1 aliphatic rings. The second-order valence-corrected chi connectivity index (χ2v) is 4.87. The fraction of sp³-hybridized carbons (Fsp3) is 0.429. The number of cyclic esters (lactones) is 2. The van der Waals surface area contributed by atoms with Gasteiger partial charge in [0.25, 0.3) is 0 Å². The first-order valence-electron chi connectivity index (χ1n) is 5.94. The monoisotopic (exact) mass is 264 g/mol. The number of hydrogen-bond acceptors (Lipinski definition) is 5. The molecule has 0 saturated carbocycles. The predicted octanol–water partition coefficient (Wildman–Crippen LogP) is 1.73. The van der Waals surface area contributed by atoms with Gasteiger partial charge in [-0.15, -0.1) is 0 Å². The summed E-state index contributed by atoms with van der Waals surface area (Å²) in [7, 11) is 3.11. The number of rotatable bonds is 4. The van der Waals surface area contributed by atoms with Gasteiger partial charge >= 0.3 is 11.9 Å². The molecule has 19 heavy (non-hydrogen) atoms. The van der Waals surface area contributed by atoms with Gasteiger partial charge in [0, 0.05) is 0 Å². The Hall–Kier alpha value is -2.04. The van der Waals surface area contributed by atoms with E-state index in [1.54, 1.807) is 33.3 Å². The largest absolute Gasteiger partial charge is 0.493 e. The lowest BCUT2D eigenvalue weighted by Crippen LogP contribution is -2.25. The van der Waals surface area contributed by atoms with Crippen LogP contribution in [0.3, 0.4) is 0 Å². The van der Waals surface area contributed by atoms with Crippen LogP contribution >= 0.6 is 0 Å². The Labute approximate surface area is 111 Å². The zero-order chi connectivity index (χ0) is 14.0. The molecule has 1 aromatic rings. The average molecular weight is 264 g/mol. The fourth-order valence-electron chi connectivity index (χ4n) is 2.23. The Morgan fingerprint density at radius 1 is 1.21 bits per heavy atom. The molecule has 0 aliphatic carbocycles. The van der Waals surface area contributed by atoms with E-state index in [1.807, 2.05) is 6.07 Å². The zero-order valence-electron chi connectivity index (χ0n) is 11.2. The topological polar surface area (TPSA) is 61.8 Å². The van der Waals surface area contributed by atoms with E-state index in [9.17, 15) is 9.59 Å². The lowest BCUT2D eigenvalue weighted by molar-refractivity contribution is -0.154. The number of hydrogen-bond donors (Lipinski definition) is 0. The van der Waals surface area contributed by atoms with Gasteiger partial charge in [0.1, 0.15) is 0 Å². The van der Waals surface area contributed by atoms with Crippen molar-refractivity contribution in [2.75, 3.05) is 14.2 Å². The Balaban J connectivity index is 2.24. The maximum atomic E-state index is 11.7. The molecule has 0 bridgehead atoms. The van der Waals surface area contributed by atoms with Crippen LogP contribution in [0.5, 0.6) is 11.5 Å². The smallest absolute Gasteiger partial charge is 0.320 e. The summed E-state index contributed by atoms with van der Waals surface area (Å²) in [6.45, 7) is 1.73. The van der Waals surface area contributed by atoms with Crippen molar-refractivity contribution in [3.63, 3.8) is 0 Å². The van der Waals surface area contributed by atoms with E-state index in [-0.39, 0.29) is 6.42 Å². The van der Waals surface area contributed by atoms with E-state index in [1.165, 1.54) is 0 Å². The van der Waals surface area contributed by atoms with Gasteiger partial charge in [0.15, 0.2) is 11.5 Å². The van der Waals surface area contributed by atoms with Crippen LogP contribution in [-0.4, -0.2) is 26.2 Å². The fourth-order valence-corrected chi connectivity index (χ4v) is 2.23. The predicted molar refractivity (Wildman–Crippen MR) is 67.1 cm³/mol. The Bertz CT molecular complexity index is 523. The molecule has 102 valence electrons. The molecule has 5 nitrogen and oxygen atoms in total. The van der Waals surface area contributed by atoms with Crippen molar-refractivity contribution in [1.29, 1.82) is 0 Å². The van der Waals surface area contributed by atoms with Crippen LogP contribution in [0.1, 0.15) is 18.9 Å². The van der Waals surface area contributed by atoms with Gasteiger partial charge in [0.2, 0.25) is 0 Å². The van der Waals surface area contributed by atoms with Crippen molar-refractivity contribution in [2.24, 2.45) is 5.41 Å². The van der Waals surface area contributed by atoms with Crippen LogP contribution in [0.25, 0.3) is 0 Å². The number of methoxy groups -OCH3 is 2. The minimum atomic E-state index is -0.795. The van der Waals surface area contributed by atoms with Crippen LogP contribution in [0.15, 0.2) is 18.2 Å². The van der Waals surface area contributed by atoms with E-state index in [0.717, 1.165) is 5.56 Å². The molecule has 1 saturated heterocycles. The highest BCUT2D eigenvalue weighted by Gasteiger charge is 2.45. The highest BCUT2D eigenvalue weighted by atomic mass is 16.6. The van der Waals surface area contributed by atoms with Gasteiger partial charge in [-0.05, 0) is 31.0 Å². The maximum Gasteiger partial charge on any atom is 0.320 e. The summed E-state index contributed by atoms with van der Waals surface area (Å²) >= 11 is 0. The Morgan fingerprint density at radius 2 is 1.89 bits per heavy atom. The highest BCUT2D eigenvalue weighted by molar-refractivity contribution is 5.97. The average Bonchev–Trinajstić information content (AvgIpc) is 2.62. The van der Waals surface area contributed by atoms with E-state index in [2.05, 4.69) is 4.74 Å². The van der Waals surface area contributed by atoms with Crippen LogP contribution in [0.2, 0.25) is 0 Å².